The number of thioether (sulfide) groups is 1. The monoisotopic (exact) mass is 462 g/mol. The molecule has 0 saturated heterocycles. The lowest BCUT2D eigenvalue weighted by molar-refractivity contribution is -0.113. The quantitative estimate of drug-likeness (QED) is 0.473. The van der Waals surface area contributed by atoms with Crippen LogP contribution in [0.1, 0.15) is 18.9 Å². The second-order valence-corrected chi connectivity index (χ2v) is 7.90. The summed E-state index contributed by atoms with van der Waals surface area (Å²) in [5.41, 5.74) is 0.515. The Hall–Kier alpha value is -2.91. The van der Waals surface area contributed by atoms with Gasteiger partial charge < -0.3 is 24.1 Å². The van der Waals surface area contributed by atoms with Crippen LogP contribution in [0.15, 0.2) is 47.6 Å². The van der Waals surface area contributed by atoms with E-state index < -0.39 is 0 Å². The van der Waals surface area contributed by atoms with Crippen LogP contribution in [0.2, 0.25) is 5.02 Å². The van der Waals surface area contributed by atoms with E-state index in [0.29, 0.717) is 33.2 Å². The van der Waals surface area contributed by atoms with Crippen LogP contribution in [-0.2, 0) is 11.8 Å². The highest BCUT2D eigenvalue weighted by Gasteiger charge is 2.18. The predicted octanol–water partition coefficient (Wildman–Crippen LogP) is 4.36. The zero-order valence-corrected chi connectivity index (χ0v) is 19.2. The van der Waals surface area contributed by atoms with Gasteiger partial charge in [0, 0.05) is 12.1 Å². The predicted molar refractivity (Wildman–Crippen MR) is 120 cm³/mol. The van der Waals surface area contributed by atoms with Gasteiger partial charge in [-0.1, -0.05) is 23.4 Å². The molecule has 0 spiro atoms. The fourth-order valence-corrected chi connectivity index (χ4v) is 3.70. The lowest BCUT2D eigenvalue weighted by atomic mass is 10.3. The number of hydrogen-bond donors (Lipinski definition) is 1. The number of nitrogens with zero attached hydrogens (tertiary/aromatic N) is 3. The van der Waals surface area contributed by atoms with Crippen molar-refractivity contribution in [2.24, 2.45) is 7.05 Å². The Bertz CT molecular complexity index is 1040. The van der Waals surface area contributed by atoms with Gasteiger partial charge in [0.05, 0.1) is 25.7 Å². The van der Waals surface area contributed by atoms with Crippen molar-refractivity contribution in [3.63, 3.8) is 0 Å². The third kappa shape index (κ3) is 5.83. The molecular weight excluding hydrogens is 440 g/mol. The molecule has 0 radical (unpaired) electrons. The van der Waals surface area contributed by atoms with Crippen LogP contribution in [-0.4, -0.2) is 40.6 Å². The number of halogens is 1. The summed E-state index contributed by atoms with van der Waals surface area (Å²) in [6.45, 7) is 1.89. The number of nitrogens with one attached hydrogen (secondary N) is 1. The topological polar surface area (TPSA) is 87.5 Å². The first-order chi connectivity index (χ1) is 14.9. The van der Waals surface area contributed by atoms with E-state index in [0.717, 1.165) is 5.75 Å². The van der Waals surface area contributed by atoms with Crippen LogP contribution in [0.4, 0.5) is 5.69 Å². The fraction of sp³-hybridized carbons (Fsp3) is 0.286. The first kappa shape index (κ1) is 22.8. The standard InChI is InChI=1S/C21H23ClN4O4S/c1-13(30-16-8-6-15(28-3)7-9-16)20-24-25-21(26(20)2)31-12-19(27)23-17-11-14(22)5-10-18(17)29-4/h5-11,13H,12H2,1-4H3,(H,23,27). The number of amides is 1. The van der Waals surface area contributed by atoms with E-state index in [-0.39, 0.29) is 17.8 Å². The molecule has 8 nitrogen and oxygen atoms in total. The number of benzene rings is 2. The van der Waals surface area contributed by atoms with Crippen molar-refractivity contribution in [3.8, 4) is 17.2 Å². The molecule has 0 bridgehead atoms. The third-order valence-corrected chi connectivity index (χ3v) is 5.63. The Morgan fingerprint density at radius 3 is 2.52 bits per heavy atom. The van der Waals surface area contributed by atoms with Gasteiger partial charge in [-0.3, -0.25) is 4.79 Å². The number of carbonyl (C=O) groups excluding carboxylic acids is 1. The number of ether oxygens (including phenoxy) is 3. The maximum absolute atomic E-state index is 12.4. The van der Waals surface area contributed by atoms with Crippen LogP contribution < -0.4 is 19.5 Å². The largest absolute Gasteiger partial charge is 0.497 e. The molecule has 31 heavy (non-hydrogen) atoms. The van der Waals surface area contributed by atoms with Crippen LogP contribution in [0.3, 0.4) is 0 Å². The molecule has 3 aromatic rings. The molecule has 10 heteroatoms. The fourth-order valence-electron chi connectivity index (χ4n) is 2.81. The van der Waals surface area contributed by atoms with Gasteiger partial charge in [0.1, 0.15) is 17.2 Å². The maximum atomic E-state index is 12.4. The number of rotatable bonds is 9. The average molecular weight is 463 g/mol. The van der Waals surface area contributed by atoms with E-state index in [2.05, 4.69) is 15.5 Å². The smallest absolute Gasteiger partial charge is 0.234 e. The van der Waals surface area contributed by atoms with Crippen molar-refractivity contribution in [3.05, 3.63) is 53.3 Å². The molecule has 164 valence electrons. The van der Waals surface area contributed by atoms with Crippen LogP contribution >= 0.6 is 23.4 Å². The van der Waals surface area contributed by atoms with Crippen molar-refractivity contribution < 1.29 is 19.0 Å². The van der Waals surface area contributed by atoms with E-state index in [4.69, 9.17) is 25.8 Å². The highest BCUT2D eigenvalue weighted by molar-refractivity contribution is 7.99. The van der Waals surface area contributed by atoms with Gasteiger partial charge in [-0.25, -0.2) is 0 Å². The van der Waals surface area contributed by atoms with E-state index >= 15 is 0 Å². The molecule has 0 aliphatic heterocycles. The molecule has 0 aliphatic rings. The minimum Gasteiger partial charge on any atom is -0.497 e. The summed E-state index contributed by atoms with van der Waals surface area (Å²) in [7, 11) is 4.98. The normalized spacial score (nSPS) is 11.6. The molecule has 1 atom stereocenters. The number of carbonyl (C=O) groups is 1. The second-order valence-electron chi connectivity index (χ2n) is 6.52. The van der Waals surface area contributed by atoms with Gasteiger partial charge in [0.25, 0.3) is 0 Å². The zero-order valence-electron chi connectivity index (χ0n) is 17.6. The van der Waals surface area contributed by atoms with Crippen LogP contribution in [0.25, 0.3) is 0 Å². The maximum Gasteiger partial charge on any atom is 0.234 e. The molecule has 1 N–H and O–H groups in total. The Balaban J connectivity index is 1.59. The summed E-state index contributed by atoms with van der Waals surface area (Å²) in [4.78, 5) is 12.4. The Morgan fingerprint density at radius 1 is 1.13 bits per heavy atom. The van der Waals surface area contributed by atoms with Crippen molar-refractivity contribution in [1.29, 1.82) is 0 Å². The van der Waals surface area contributed by atoms with Crippen molar-refractivity contribution in [1.82, 2.24) is 14.8 Å². The summed E-state index contributed by atoms with van der Waals surface area (Å²) in [6.07, 6.45) is -0.329. The SMILES string of the molecule is COc1ccc(OC(C)c2nnc(SCC(=O)Nc3cc(Cl)ccc3OC)n2C)cc1. The van der Waals surface area contributed by atoms with Crippen LogP contribution in [0, 0.1) is 0 Å². The third-order valence-electron chi connectivity index (χ3n) is 4.37. The van der Waals surface area contributed by atoms with Gasteiger partial charge in [-0.15, -0.1) is 10.2 Å². The van der Waals surface area contributed by atoms with Gasteiger partial charge >= 0.3 is 0 Å². The van der Waals surface area contributed by atoms with E-state index in [9.17, 15) is 4.79 Å². The molecule has 0 aliphatic carbocycles. The molecule has 2 aromatic carbocycles. The van der Waals surface area contributed by atoms with Crippen molar-refractivity contribution >= 4 is 35.0 Å². The number of anilines is 1. The Morgan fingerprint density at radius 2 is 1.84 bits per heavy atom. The van der Waals surface area contributed by atoms with Gasteiger partial charge in [0.2, 0.25) is 5.91 Å². The summed E-state index contributed by atoms with van der Waals surface area (Å²) in [5.74, 6) is 2.57. The first-order valence-electron chi connectivity index (χ1n) is 9.37. The molecule has 0 fully saturated rings. The van der Waals surface area contributed by atoms with Gasteiger partial charge in [-0.2, -0.15) is 0 Å². The molecular formula is C21H23ClN4O4S. The molecule has 1 amide bonds. The van der Waals surface area contributed by atoms with E-state index in [1.807, 2.05) is 42.8 Å². The minimum atomic E-state index is -0.329. The lowest BCUT2D eigenvalue weighted by Crippen LogP contribution is -2.15. The summed E-state index contributed by atoms with van der Waals surface area (Å²) < 4.78 is 18.2. The molecule has 3 rings (SSSR count). The first-order valence-corrected chi connectivity index (χ1v) is 10.7. The summed E-state index contributed by atoms with van der Waals surface area (Å²) >= 11 is 7.28. The number of aromatic nitrogens is 3. The molecule has 1 heterocycles. The van der Waals surface area contributed by atoms with E-state index in [1.165, 1.54) is 18.9 Å². The summed E-state index contributed by atoms with van der Waals surface area (Å²) in [5, 5.41) is 12.3. The highest BCUT2D eigenvalue weighted by atomic mass is 35.5. The van der Waals surface area contributed by atoms with Crippen molar-refractivity contribution in [2.75, 3.05) is 25.3 Å². The highest BCUT2D eigenvalue weighted by Crippen LogP contribution is 2.28. The molecule has 0 saturated carbocycles. The number of methoxy groups -OCH3 is 2. The Labute approximate surface area is 189 Å². The van der Waals surface area contributed by atoms with Crippen molar-refractivity contribution in [2.45, 2.75) is 18.2 Å². The van der Waals surface area contributed by atoms with Gasteiger partial charge in [0.15, 0.2) is 17.1 Å². The minimum absolute atomic E-state index is 0.148. The lowest BCUT2D eigenvalue weighted by Gasteiger charge is -2.14. The summed E-state index contributed by atoms with van der Waals surface area (Å²) in [6, 6.07) is 12.3. The molecule has 1 aromatic heterocycles. The zero-order chi connectivity index (χ0) is 22.4. The second kappa shape index (κ2) is 10.4. The van der Waals surface area contributed by atoms with Crippen LogP contribution in [0.5, 0.6) is 17.2 Å². The average Bonchev–Trinajstić information content (AvgIpc) is 3.13. The number of hydrogen-bond acceptors (Lipinski definition) is 7. The van der Waals surface area contributed by atoms with Gasteiger partial charge in [-0.05, 0) is 49.4 Å². The molecule has 1 unspecified atom stereocenters. The Kier molecular flexibility index (Phi) is 7.64. The van der Waals surface area contributed by atoms with E-state index in [1.54, 1.807) is 25.3 Å².